The number of ketones is 1. The Morgan fingerprint density at radius 2 is 1.86 bits per heavy atom. The number of nitrogens with one attached hydrogen (secondary N) is 1. The Hall–Kier alpha value is -2.11. The highest BCUT2D eigenvalue weighted by atomic mass is 79.9. The van der Waals surface area contributed by atoms with Crippen LogP contribution in [-0.4, -0.2) is 22.4 Å². The van der Waals surface area contributed by atoms with Gasteiger partial charge in [0.1, 0.15) is 22.8 Å². The van der Waals surface area contributed by atoms with Gasteiger partial charge in [0.05, 0.1) is 5.57 Å². The fourth-order valence-electron chi connectivity index (χ4n) is 4.85. The van der Waals surface area contributed by atoms with Crippen LogP contribution in [0.2, 0.25) is 0 Å². The number of nitriles is 1. The summed E-state index contributed by atoms with van der Waals surface area (Å²) < 4.78 is 5.85. The molecule has 3 aliphatic rings. The molecular weight excluding hydrogens is 502 g/mol. The minimum absolute atomic E-state index is 0.0273. The maximum atomic E-state index is 13.6. The zero-order valence-corrected chi connectivity index (χ0v) is 18.7. The summed E-state index contributed by atoms with van der Waals surface area (Å²) in [6.07, 6.45) is 2.36. The van der Waals surface area contributed by atoms with E-state index in [9.17, 15) is 14.9 Å². The number of hydrogen-bond donors (Lipinski definition) is 2. The summed E-state index contributed by atoms with van der Waals surface area (Å²) in [7, 11) is 0. The molecule has 8 heteroatoms. The molecule has 6 nitrogen and oxygen atoms in total. The lowest BCUT2D eigenvalue weighted by atomic mass is 9.60. The van der Waals surface area contributed by atoms with Crippen LogP contribution in [0.3, 0.4) is 0 Å². The van der Waals surface area contributed by atoms with Crippen molar-refractivity contribution in [1.29, 1.82) is 5.26 Å². The molecule has 1 unspecified atom stereocenters. The number of halogens is 2. The SMILES string of the molecule is N#CC1=C(N)OC2=C(C(=O)CC(CCBr)(CCBr)C2)C12C(=O)Nc1ccccc12. The molecule has 1 spiro atoms. The van der Waals surface area contributed by atoms with Gasteiger partial charge in [0.15, 0.2) is 5.78 Å². The van der Waals surface area contributed by atoms with Crippen LogP contribution in [-0.2, 0) is 19.7 Å². The second kappa shape index (κ2) is 7.29. The number of Topliss-reactive ketones (excluding diaryl/α,β-unsaturated/α-hetero) is 1. The number of carbonyl (C=O) groups is 2. The number of amides is 1. The highest BCUT2D eigenvalue weighted by Gasteiger charge is 2.61. The first-order chi connectivity index (χ1) is 13.9. The number of anilines is 1. The predicted octanol–water partition coefficient (Wildman–Crippen LogP) is 3.77. The van der Waals surface area contributed by atoms with Gasteiger partial charge in [-0.15, -0.1) is 0 Å². The molecule has 29 heavy (non-hydrogen) atoms. The van der Waals surface area contributed by atoms with E-state index >= 15 is 0 Å². The van der Waals surface area contributed by atoms with Crippen LogP contribution in [0.5, 0.6) is 0 Å². The highest BCUT2D eigenvalue weighted by Crippen LogP contribution is 2.57. The van der Waals surface area contributed by atoms with Crippen molar-refractivity contribution in [2.75, 3.05) is 16.0 Å². The molecule has 1 aromatic carbocycles. The molecule has 0 saturated carbocycles. The average molecular weight is 521 g/mol. The number of benzene rings is 1. The van der Waals surface area contributed by atoms with Crippen molar-refractivity contribution >= 4 is 49.2 Å². The summed E-state index contributed by atoms with van der Waals surface area (Å²) in [6.45, 7) is 0. The Balaban J connectivity index is 1.98. The summed E-state index contributed by atoms with van der Waals surface area (Å²) >= 11 is 6.99. The van der Waals surface area contributed by atoms with Gasteiger partial charge in [0, 0.05) is 34.8 Å². The Labute approximate surface area is 185 Å². The van der Waals surface area contributed by atoms with Gasteiger partial charge < -0.3 is 15.8 Å². The van der Waals surface area contributed by atoms with E-state index in [4.69, 9.17) is 10.5 Å². The van der Waals surface area contributed by atoms with Gasteiger partial charge in [0.2, 0.25) is 11.8 Å². The normalized spacial score (nSPS) is 24.7. The molecule has 0 fully saturated rings. The van der Waals surface area contributed by atoms with Crippen molar-refractivity contribution < 1.29 is 14.3 Å². The zero-order chi connectivity index (χ0) is 20.8. The second-order valence-corrected chi connectivity index (χ2v) is 9.24. The molecule has 1 aromatic rings. The quantitative estimate of drug-likeness (QED) is 0.588. The lowest BCUT2D eigenvalue weighted by Crippen LogP contribution is -2.48. The summed E-state index contributed by atoms with van der Waals surface area (Å²) in [5.74, 6) is -0.304. The number of nitrogens with zero attached hydrogens (tertiary/aromatic N) is 1. The summed E-state index contributed by atoms with van der Waals surface area (Å²) in [5.41, 5.74) is 5.69. The van der Waals surface area contributed by atoms with Gasteiger partial charge >= 0.3 is 0 Å². The van der Waals surface area contributed by atoms with Crippen LogP contribution in [0, 0.1) is 16.7 Å². The van der Waals surface area contributed by atoms with Gasteiger partial charge in [0.25, 0.3) is 0 Å². The summed E-state index contributed by atoms with van der Waals surface area (Å²) in [6, 6.07) is 9.16. The molecule has 0 bridgehead atoms. The van der Waals surface area contributed by atoms with E-state index < -0.39 is 11.3 Å². The van der Waals surface area contributed by atoms with Crippen LogP contribution in [0.25, 0.3) is 0 Å². The number of alkyl halides is 2. The van der Waals surface area contributed by atoms with E-state index in [0.717, 1.165) is 23.5 Å². The third kappa shape index (κ3) is 2.78. The largest absolute Gasteiger partial charge is 0.444 e. The number of ether oxygens (including phenoxy) is 1. The minimum Gasteiger partial charge on any atom is -0.444 e. The van der Waals surface area contributed by atoms with Crippen LogP contribution in [0.4, 0.5) is 5.69 Å². The van der Waals surface area contributed by atoms with E-state index in [1.807, 2.05) is 6.07 Å². The van der Waals surface area contributed by atoms with Gasteiger partial charge in [-0.3, -0.25) is 9.59 Å². The molecular formula is C21H19Br2N3O3. The summed E-state index contributed by atoms with van der Waals surface area (Å²) in [4.78, 5) is 26.9. The van der Waals surface area contributed by atoms with E-state index in [1.165, 1.54) is 0 Å². The van der Waals surface area contributed by atoms with E-state index in [2.05, 4.69) is 37.2 Å². The number of allylic oxidation sites excluding steroid dienone is 1. The predicted molar refractivity (Wildman–Crippen MR) is 115 cm³/mol. The van der Waals surface area contributed by atoms with Crippen LogP contribution in [0.1, 0.15) is 31.2 Å². The molecule has 1 atom stereocenters. The van der Waals surface area contributed by atoms with Gasteiger partial charge in [-0.25, -0.2) is 0 Å². The van der Waals surface area contributed by atoms with Gasteiger partial charge in [-0.2, -0.15) is 5.26 Å². The molecule has 1 amide bonds. The van der Waals surface area contributed by atoms with Gasteiger partial charge in [-0.1, -0.05) is 50.1 Å². The number of fused-ring (bicyclic) bond motifs is 3. The molecule has 2 aliphatic heterocycles. The number of rotatable bonds is 4. The fourth-order valence-corrected chi connectivity index (χ4v) is 6.53. The zero-order valence-electron chi connectivity index (χ0n) is 15.6. The lowest BCUT2D eigenvalue weighted by molar-refractivity contribution is -0.125. The molecule has 0 aromatic heterocycles. The maximum Gasteiger partial charge on any atom is 0.245 e. The van der Waals surface area contributed by atoms with Crippen molar-refractivity contribution in [3.63, 3.8) is 0 Å². The standard InChI is InChI=1S/C21H19Br2N3O3/c22-7-5-20(6-8-23)9-15(27)17-16(10-20)29-18(25)13(11-24)21(17)12-3-1-2-4-14(12)26-19(21)28/h1-4H,5-10,25H2,(H,26,28). The molecule has 0 saturated heterocycles. The Kier molecular flexibility index (Phi) is 5.07. The molecule has 2 heterocycles. The van der Waals surface area contributed by atoms with Gasteiger partial charge in [-0.05, 0) is 24.3 Å². The van der Waals surface area contributed by atoms with Crippen LogP contribution < -0.4 is 11.1 Å². The van der Waals surface area contributed by atoms with Crippen molar-refractivity contribution in [3.8, 4) is 6.07 Å². The molecule has 1 aliphatic carbocycles. The smallest absolute Gasteiger partial charge is 0.245 e. The first kappa shape index (κ1) is 20.2. The van der Waals surface area contributed by atoms with Crippen molar-refractivity contribution in [2.45, 2.75) is 31.1 Å². The second-order valence-electron chi connectivity index (χ2n) is 7.66. The van der Waals surface area contributed by atoms with E-state index in [0.29, 0.717) is 29.9 Å². The Bertz CT molecular complexity index is 1020. The van der Waals surface area contributed by atoms with E-state index in [-0.39, 0.29) is 28.2 Å². The van der Waals surface area contributed by atoms with Crippen LogP contribution in [0.15, 0.2) is 47.1 Å². The fraction of sp³-hybridized carbons (Fsp3) is 0.381. The molecule has 3 N–H and O–H groups in total. The monoisotopic (exact) mass is 519 g/mol. The van der Waals surface area contributed by atoms with Crippen LogP contribution >= 0.6 is 31.9 Å². The number of hydrogen-bond acceptors (Lipinski definition) is 5. The lowest BCUT2D eigenvalue weighted by Gasteiger charge is -2.43. The molecule has 4 rings (SSSR count). The average Bonchev–Trinajstić information content (AvgIpc) is 2.94. The number of nitrogens with two attached hydrogens (primary N) is 1. The Morgan fingerprint density at radius 3 is 2.52 bits per heavy atom. The maximum absolute atomic E-state index is 13.6. The van der Waals surface area contributed by atoms with Crippen molar-refractivity contribution in [1.82, 2.24) is 0 Å². The number of carbonyl (C=O) groups excluding carboxylic acids is 2. The van der Waals surface area contributed by atoms with Crippen molar-refractivity contribution in [2.24, 2.45) is 11.1 Å². The summed E-state index contributed by atoms with van der Waals surface area (Å²) in [5, 5.41) is 14.2. The Morgan fingerprint density at radius 1 is 1.17 bits per heavy atom. The third-order valence-electron chi connectivity index (χ3n) is 6.14. The molecule has 150 valence electrons. The highest BCUT2D eigenvalue weighted by molar-refractivity contribution is 9.09. The third-order valence-corrected chi connectivity index (χ3v) is 6.93. The van der Waals surface area contributed by atoms with Crippen molar-refractivity contribution in [3.05, 3.63) is 52.6 Å². The van der Waals surface area contributed by atoms with E-state index in [1.54, 1.807) is 24.3 Å². The first-order valence-corrected chi connectivity index (χ1v) is 11.6. The number of para-hydroxylation sites is 1. The minimum atomic E-state index is -1.55. The topological polar surface area (TPSA) is 105 Å². The first-order valence-electron chi connectivity index (χ1n) is 9.31. The molecule has 0 radical (unpaired) electrons.